The second-order valence-electron chi connectivity index (χ2n) is 3.93. The average molecular weight is 375 g/mol. The third-order valence-electron chi connectivity index (χ3n) is 2.56. The Kier molecular flexibility index (Phi) is 4.11. The molecule has 2 rings (SSSR count). The molecular formula is C11H11BrN4O2S2. The summed E-state index contributed by atoms with van der Waals surface area (Å²) in [7, 11) is -2.17. The number of nitrogens with zero attached hydrogens (tertiary/aromatic N) is 2. The minimum absolute atomic E-state index is 0.0722. The van der Waals surface area contributed by atoms with Gasteiger partial charge in [-0.15, -0.1) is 0 Å². The van der Waals surface area contributed by atoms with Crippen LogP contribution in [-0.4, -0.2) is 23.2 Å². The van der Waals surface area contributed by atoms with Crippen molar-refractivity contribution in [2.24, 2.45) is 12.8 Å². The molecule has 0 amide bonds. The number of sulfonamides is 1. The molecule has 0 aliphatic heterocycles. The highest BCUT2D eigenvalue weighted by atomic mass is 79.9. The van der Waals surface area contributed by atoms with Crippen LogP contribution in [0.2, 0.25) is 0 Å². The Morgan fingerprint density at radius 2 is 2.10 bits per heavy atom. The van der Waals surface area contributed by atoms with E-state index in [0.717, 1.165) is 0 Å². The molecule has 0 bridgehead atoms. The molecule has 1 aromatic carbocycles. The van der Waals surface area contributed by atoms with Gasteiger partial charge in [-0.3, -0.25) is 9.40 Å². The first kappa shape index (κ1) is 14.9. The third kappa shape index (κ3) is 2.84. The normalized spacial score (nSPS) is 11.3. The van der Waals surface area contributed by atoms with Crippen LogP contribution in [0, 0.1) is 0 Å². The van der Waals surface area contributed by atoms with E-state index < -0.39 is 10.0 Å². The summed E-state index contributed by atoms with van der Waals surface area (Å²) in [5.74, 6) is 0.230. The van der Waals surface area contributed by atoms with Crippen molar-refractivity contribution in [3.63, 3.8) is 0 Å². The summed E-state index contributed by atoms with van der Waals surface area (Å²) in [5, 5.41) is 3.95. The summed E-state index contributed by atoms with van der Waals surface area (Å²) in [4.78, 5) is 0.193. The molecule has 0 radical (unpaired) electrons. The fourth-order valence-corrected chi connectivity index (χ4v) is 3.85. The lowest BCUT2D eigenvalue weighted by Crippen LogP contribution is -2.19. The first-order valence-electron chi connectivity index (χ1n) is 5.42. The zero-order chi connectivity index (χ0) is 14.9. The number of nitrogens with one attached hydrogen (secondary N) is 1. The first-order valence-corrected chi connectivity index (χ1v) is 8.10. The molecule has 1 aromatic heterocycles. The third-order valence-corrected chi connectivity index (χ3v) is 5.13. The van der Waals surface area contributed by atoms with Crippen molar-refractivity contribution in [1.29, 1.82) is 0 Å². The van der Waals surface area contributed by atoms with Crippen molar-refractivity contribution < 1.29 is 8.42 Å². The number of thiocarbonyl (C=S) groups is 1. The summed E-state index contributed by atoms with van der Waals surface area (Å²) < 4.78 is 29.0. The summed E-state index contributed by atoms with van der Waals surface area (Å²) in [6, 6.07) is 6.50. The number of aryl methyl sites for hydroxylation is 1. The standard InChI is InChI=1S/C11H11BrN4O2S2/c1-16-11(7(6-14-16)10(13)19)15-20(17,18)9-5-3-2-4-8(9)12/h2-6,15H,1H3,(H2,13,19). The quantitative estimate of drug-likeness (QED) is 0.793. The lowest BCUT2D eigenvalue weighted by Gasteiger charge is -2.11. The molecule has 20 heavy (non-hydrogen) atoms. The van der Waals surface area contributed by atoms with Crippen molar-refractivity contribution in [3.8, 4) is 0 Å². The highest BCUT2D eigenvalue weighted by molar-refractivity contribution is 9.10. The van der Waals surface area contributed by atoms with Crippen LogP contribution in [-0.2, 0) is 17.1 Å². The van der Waals surface area contributed by atoms with Gasteiger partial charge in [0.25, 0.3) is 10.0 Å². The van der Waals surface area contributed by atoms with Crippen molar-refractivity contribution >= 4 is 49.0 Å². The van der Waals surface area contributed by atoms with E-state index in [9.17, 15) is 8.42 Å². The molecule has 0 spiro atoms. The van der Waals surface area contributed by atoms with Crippen LogP contribution in [0.25, 0.3) is 0 Å². The molecule has 0 aliphatic carbocycles. The molecule has 0 aliphatic rings. The van der Waals surface area contributed by atoms with Gasteiger partial charge in [-0.2, -0.15) is 5.10 Å². The number of anilines is 1. The van der Waals surface area contributed by atoms with E-state index in [1.807, 2.05) is 0 Å². The van der Waals surface area contributed by atoms with E-state index in [-0.39, 0.29) is 15.7 Å². The summed E-state index contributed by atoms with van der Waals surface area (Å²) in [6.45, 7) is 0. The zero-order valence-corrected chi connectivity index (χ0v) is 13.6. The summed E-state index contributed by atoms with van der Waals surface area (Å²) in [5.41, 5.74) is 5.92. The van der Waals surface area contributed by atoms with Crippen LogP contribution >= 0.6 is 28.1 Å². The van der Waals surface area contributed by atoms with E-state index in [4.69, 9.17) is 18.0 Å². The van der Waals surface area contributed by atoms with Crippen LogP contribution in [0.5, 0.6) is 0 Å². The van der Waals surface area contributed by atoms with Crippen LogP contribution in [0.3, 0.4) is 0 Å². The Labute approximate surface area is 130 Å². The molecule has 9 heteroatoms. The van der Waals surface area contributed by atoms with Crippen molar-refractivity contribution in [1.82, 2.24) is 9.78 Å². The van der Waals surface area contributed by atoms with Gasteiger partial charge in [0.15, 0.2) is 0 Å². The Bertz CT molecular complexity index is 770. The first-order chi connectivity index (χ1) is 9.33. The lowest BCUT2D eigenvalue weighted by atomic mass is 10.3. The minimum Gasteiger partial charge on any atom is -0.389 e. The molecule has 0 fully saturated rings. The van der Waals surface area contributed by atoms with Crippen molar-refractivity contribution in [2.45, 2.75) is 4.90 Å². The number of hydrogen-bond acceptors (Lipinski definition) is 4. The lowest BCUT2D eigenvalue weighted by molar-refractivity contribution is 0.600. The molecule has 106 valence electrons. The molecule has 1 heterocycles. The van der Waals surface area contributed by atoms with Crippen LogP contribution in [0.4, 0.5) is 5.82 Å². The van der Waals surface area contributed by atoms with Gasteiger partial charge in [-0.05, 0) is 28.1 Å². The second-order valence-corrected chi connectivity index (χ2v) is 6.88. The summed E-state index contributed by atoms with van der Waals surface area (Å²) >= 11 is 8.08. The minimum atomic E-state index is -3.77. The smallest absolute Gasteiger partial charge is 0.264 e. The van der Waals surface area contributed by atoms with Gasteiger partial charge in [0.1, 0.15) is 15.7 Å². The molecule has 3 N–H and O–H groups in total. The van der Waals surface area contributed by atoms with Crippen LogP contribution in [0.15, 0.2) is 39.8 Å². The zero-order valence-electron chi connectivity index (χ0n) is 10.4. The predicted molar refractivity (Wildman–Crippen MR) is 84.0 cm³/mol. The number of benzene rings is 1. The van der Waals surface area contributed by atoms with Crippen LogP contribution in [0.1, 0.15) is 5.56 Å². The molecule has 0 unspecified atom stereocenters. The van der Waals surface area contributed by atoms with Crippen molar-refractivity contribution in [3.05, 3.63) is 40.5 Å². The Balaban J connectivity index is 2.47. The topological polar surface area (TPSA) is 90.0 Å². The number of halogens is 1. The Morgan fingerprint density at radius 1 is 1.45 bits per heavy atom. The van der Waals surface area contributed by atoms with E-state index in [1.54, 1.807) is 25.2 Å². The maximum atomic E-state index is 12.4. The van der Waals surface area contributed by atoms with E-state index in [2.05, 4.69) is 25.8 Å². The summed E-state index contributed by atoms with van der Waals surface area (Å²) in [6.07, 6.45) is 1.42. The fourth-order valence-electron chi connectivity index (χ4n) is 1.58. The van der Waals surface area contributed by atoms with Crippen molar-refractivity contribution in [2.75, 3.05) is 4.72 Å². The number of aromatic nitrogens is 2. The Morgan fingerprint density at radius 3 is 2.70 bits per heavy atom. The van der Waals surface area contributed by atoms with E-state index >= 15 is 0 Å². The number of hydrogen-bond donors (Lipinski definition) is 2. The number of rotatable bonds is 4. The van der Waals surface area contributed by atoms with E-state index in [1.165, 1.54) is 16.9 Å². The maximum absolute atomic E-state index is 12.4. The SMILES string of the molecule is Cn1ncc(C(N)=S)c1NS(=O)(=O)c1ccccc1Br. The van der Waals surface area contributed by atoms with Crippen LogP contribution < -0.4 is 10.5 Å². The van der Waals surface area contributed by atoms with Gasteiger partial charge >= 0.3 is 0 Å². The fraction of sp³-hybridized carbons (Fsp3) is 0.0909. The highest BCUT2D eigenvalue weighted by Gasteiger charge is 2.21. The Hall–Kier alpha value is -1.45. The van der Waals surface area contributed by atoms with Gasteiger partial charge in [0, 0.05) is 11.5 Å². The maximum Gasteiger partial charge on any atom is 0.264 e. The van der Waals surface area contributed by atoms with Gasteiger partial charge in [-0.25, -0.2) is 8.42 Å². The average Bonchev–Trinajstić information content (AvgIpc) is 2.71. The monoisotopic (exact) mass is 374 g/mol. The molecule has 6 nitrogen and oxygen atoms in total. The number of nitrogens with two attached hydrogens (primary N) is 1. The van der Waals surface area contributed by atoms with Gasteiger partial charge in [0.2, 0.25) is 0 Å². The predicted octanol–water partition coefficient (Wildman–Crippen LogP) is 1.62. The molecule has 0 atom stereocenters. The molecule has 0 saturated carbocycles. The van der Waals surface area contributed by atoms with Gasteiger partial charge in [-0.1, -0.05) is 24.4 Å². The largest absolute Gasteiger partial charge is 0.389 e. The van der Waals surface area contributed by atoms with E-state index in [0.29, 0.717) is 10.0 Å². The second kappa shape index (κ2) is 5.51. The highest BCUT2D eigenvalue weighted by Crippen LogP contribution is 2.25. The van der Waals surface area contributed by atoms with Gasteiger partial charge < -0.3 is 5.73 Å². The molecular weight excluding hydrogens is 364 g/mol. The molecule has 0 saturated heterocycles. The van der Waals surface area contributed by atoms with Gasteiger partial charge in [0.05, 0.1) is 11.8 Å². The molecule has 2 aromatic rings.